The van der Waals surface area contributed by atoms with Crippen LogP contribution in [0.5, 0.6) is 5.75 Å². The van der Waals surface area contributed by atoms with Crippen molar-refractivity contribution in [2.45, 2.75) is 0 Å². The molecule has 3 nitrogen and oxygen atoms in total. The lowest BCUT2D eigenvalue weighted by Crippen LogP contribution is -1.93. The van der Waals surface area contributed by atoms with Crippen LogP contribution in [0.25, 0.3) is 6.08 Å². The highest BCUT2D eigenvalue weighted by Gasteiger charge is 2.05. The number of nitriles is 1. The summed E-state index contributed by atoms with van der Waals surface area (Å²) in [5, 5.41) is 18.3. The maximum Gasteiger partial charge on any atom is 0.185 e. The summed E-state index contributed by atoms with van der Waals surface area (Å²) in [7, 11) is 0. The van der Waals surface area contributed by atoms with E-state index in [9.17, 15) is 9.90 Å². The van der Waals surface area contributed by atoms with Crippen LogP contribution in [0.2, 0.25) is 0 Å². The lowest BCUT2D eigenvalue weighted by atomic mass is 10.1. The standard InChI is InChI=1S/C16H9Br2NO2/c17-13-7-11(8-14(18)16(13)21)3-6-15(20)12-4-1-10(9-19)2-5-12/h1-8,21H/b6-3+. The predicted molar refractivity (Wildman–Crippen MR) is 88.0 cm³/mol. The number of allylic oxidation sites excluding steroid dienone is 1. The predicted octanol–water partition coefficient (Wildman–Crippen LogP) is 4.68. The summed E-state index contributed by atoms with van der Waals surface area (Å²) < 4.78 is 1.09. The van der Waals surface area contributed by atoms with Crippen LogP contribution in [-0.4, -0.2) is 10.9 Å². The van der Waals surface area contributed by atoms with E-state index in [1.54, 1.807) is 42.5 Å². The zero-order valence-corrected chi connectivity index (χ0v) is 13.8. The molecule has 0 spiro atoms. The van der Waals surface area contributed by atoms with Crippen molar-refractivity contribution >= 4 is 43.7 Å². The van der Waals surface area contributed by atoms with Gasteiger partial charge in [-0.3, -0.25) is 4.79 Å². The van der Waals surface area contributed by atoms with E-state index in [0.29, 0.717) is 20.1 Å². The minimum atomic E-state index is -0.153. The number of rotatable bonds is 3. The summed E-state index contributed by atoms with van der Waals surface area (Å²) in [5.74, 6) is -0.0367. The lowest BCUT2D eigenvalue weighted by molar-refractivity contribution is 0.104. The zero-order chi connectivity index (χ0) is 15.4. The van der Waals surface area contributed by atoms with Crippen LogP contribution in [0, 0.1) is 11.3 Å². The highest BCUT2D eigenvalue weighted by Crippen LogP contribution is 2.33. The van der Waals surface area contributed by atoms with Crippen LogP contribution >= 0.6 is 31.9 Å². The Morgan fingerprint density at radius 3 is 2.24 bits per heavy atom. The number of hydrogen-bond donors (Lipinski definition) is 1. The average molecular weight is 407 g/mol. The molecular weight excluding hydrogens is 398 g/mol. The monoisotopic (exact) mass is 405 g/mol. The Balaban J connectivity index is 2.20. The fraction of sp³-hybridized carbons (Fsp3) is 0. The first kappa shape index (κ1) is 15.5. The molecule has 2 aromatic rings. The molecule has 0 unspecified atom stereocenters. The fourth-order valence-corrected chi connectivity index (χ4v) is 2.88. The van der Waals surface area contributed by atoms with Crippen molar-refractivity contribution in [3.8, 4) is 11.8 Å². The quantitative estimate of drug-likeness (QED) is 0.594. The van der Waals surface area contributed by atoms with Crippen LogP contribution in [0.3, 0.4) is 0 Å². The Labute approximate surface area is 138 Å². The molecule has 0 aliphatic rings. The Hall–Kier alpha value is -1.90. The van der Waals surface area contributed by atoms with Crippen LogP contribution < -0.4 is 0 Å². The van der Waals surface area contributed by atoms with Gasteiger partial charge in [0.15, 0.2) is 5.78 Å². The maximum absolute atomic E-state index is 12.0. The third-order valence-electron chi connectivity index (χ3n) is 2.76. The Bertz CT molecular complexity index is 736. The number of nitrogens with zero attached hydrogens (tertiary/aromatic N) is 1. The summed E-state index contributed by atoms with van der Waals surface area (Å²) in [6, 6.07) is 11.9. The molecule has 21 heavy (non-hydrogen) atoms. The van der Waals surface area contributed by atoms with Crippen molar-refractivity contribution < 1.29 is 9.90 Å². The first-order chi connectivity index (χ1) is 10.0. The van der Waals surface area contributed by atoms with Crippen LogP contribution in [0.4, 0.5) is 0 Å². The number of phenolic OH excluding ortho intramolecular Hbond substituents is 1. The molecule has 1 N–H and O–H groups in total. The molecule has 0 amide bonds. The third-order valence-corrected chi connectivity index (χ3v) is 3.97. The van der Waals surface area contributed by atoms with E-state index in [-0.39, 0.29) is 11.5 Å². The van der Waals surface area contributed by atoms with Gasteiger partial charge < -0.3 is 5.11 Å². The molecule has 104 valence electrons. The zero-order valence-electron chi connectivity index (χ0n) is 10.7. The molecular formula is C16H9Br2NO2. The first-order valence-electron chi connectivity index (χ1n) is 5.92. The molecule has 0 radical (unpaired) electrons. The smallest absolute Gasteiger partial charge is 0.185 e. The number of hydrogen-bond acceptors (Lipinski definition) is 3. The number of carbonyl (C=O) groups is 1. The van der Waals surface area contributed by atoms with E-state index in [4.69, 9.17) is 5.26 Å². The Kier molecular flexibility index (Phi) is 4.94. The summed E-state index contributed by atoms with van der Waals surface area (Å²) in [4.78, 5) is 12.0. The summed E-state index contributed by atoms with van der Waals surface area (Å²) in [5.41, 5.74) is 1.80. The molecule has 0 bridgehead atoms. The first-order valence-corrected chi connectivity index (χ1v) is 7.50. The van der Waals surface area contributed by atoms with Gasteiger partial charge in [-0.2, -0.15) is 5.26 Å². The molecule has 0 aromatic heterocycles. The van der Waals surface area contributed by atoms with Crippen molar-refractivity contribution in [2.75, 3.05) is 0 Å². The number of carbonyl (C=O) groups excluding carboxylic acids is 1. The van der Waals surface area contributed by atoms with Crippen LogP contribution in [0.15, 0.2) is 51.4 Å². The number of benzene rings is 2. The second-order valence-electron chi connectivity index (χ2n) is 4.22. The maximum atomic E-state index is 12.0. The van der Waals surface area contributed by atoms with Gasteiger partial charge in [0.1, 0.15) is 5.75 Å². The fourth-order valence-electron chi connectivity index (χ4n) is 1.66. The van der Waals surface area contributed by atoms with E-state index < -0.39 is 0 Å². The van der Waals surface area contributed by atoms with Crippen molar-refractivity contribution in [1.29, 1.82) is 5.26 Å². The van der Waals surface area contributed by atoms with Gasteiger partial charge in [0.25, 0.3) is 0 Å². The SMILES string of the molecule is N#Cc1ccc(C(=O)/C=C/c2cc(Br)c(O)c(Br)c2)cc1. The second kappa shape index (κ2) is 6.70. The van der Waals surface area contributed by atoms with E-state index in [2.05, 4.69) is 31.9 Å². The minimum absolute atomic E-state index is 0.116. The van der Waals surface area contributed by atoms with E-state index in [1.807, 2.05) is 6.07 Å². The normalized spacial score (nSPS) is 10.5. The largest absolute Gasteiger partial charge is 0.506 e. The lowest BCUT2D eigenvalue weighted by Gasteiger charge is -2.02. The molecule has 2 aromatic carbocycles. The van der Waals surface area contributed by atoms with Crippen LogP contribution in [-0.2, 0) is 0 Å². The van der Waals surface area contributed by atoms with Gasteiger partial charge in [-0.1, -0.05) is 6.08 Å². The summed E-state index contributed by atoms with van der Waals surface area (Å²) in [6.45, 7) is 0. The summed E-state index contributed by atoms with van der Waals surface area (Å²) in [6.07, 6.45) is 3.11. The molecule has 2 rings (SSSR count). The van der Waals surface area contributed by atoms with Crippen molar-refractivity contribution in [3.05, 3.63) is 68.1 Å². The number of ketones is 1. The second-order valence-corrected chi connectivity index (χ2v) is 5.93. The van der Waals surface area contributed by atoms with Gasteiger partial charge in [-0.15, -0.1) is 0 Å². The van der Waals surface area contributed by atoms with Crippen LogP contribution in [0.1, 0.15) is 21.5 Å². The van der Waals surface area contributed by atoms with Gasteiger partial charge in [0.2, 0.25) is 0 Å². The van der Waals surface area contributed by atoms with E-state index in [1.165, 1.54) is 6.08 Å². The van der Waals surface area contributed by atoms with E-state index >= 15 is 0 Å². The number of phenols is 1. The van der Waals surface area contributed by atoms with Gasteiger partial charge >= 0.3 is 0 Å². The molecule has 0 saturated carbocycles. The average Bonchev–Trinajstić information content (AvgIpc) is 2.50. The number of halogens is 2. The highest BCUT2D eigenvalue weighted by molar-refractivity contribution is 9.11. The van der Waals surface area contributed by atoms with Gasteiger partial charge in [-0.05, 0) is 79.9 Å². The molecule has 0 heterocycles. The molecule has 0 atom stereocenters. The minimum Gasteiger partial charge on any atom is -0.506 e. The topological polar surface area (TPSA) is 61.1 Å². The molecule has 5 heteroatoms. The van der Waals surface area contributed by atoms with Gasteiger partial charge in [0.05, 0.1) is 20.6 Å². The van der Waals surface area contributed by atoms with Crippen molar-refractivity contribution in [1.82, 2.24) is 0 Å². The molecule has 0 saturated heterocycles. The Morgan fingerprint density at radius 2 is 1.71 bits per heavy atom. The van der Waals surface area contributed by atoms with Crippen molar-refractivity contribution in [3.63, 3.8) is 0 Å². The van der Waals surface area contributed by atoms with E-state index in [0.717, 1.165) is 5.56 Å². The molecule has 0 aliphatic carbocycles. The Morgan fingerprint density at radius 1 is 1.14 bits per heavy atom. The number of aromatic hydroxyl groups is 1. The van der Waals surface area contributed by atoms with Gasteiger partial charge in [-0.25, -0.2) is 0 Å². The van der Waals surface area contributed by atoms with Crippen molar-refractivity contribution in [2.24, 2.45) is 0 Å². The van der Waals surface area contributed by atoms with Gasteiger partial charge in [0, 0.05) is 5.56 Å². The third kappa shape index (κ3) is 3.81. The summed E-state index contributed by atoms with van der Waals surface area (Å²) >= 11 is 6.47. The highest BCUT2D eigenvalue weighted by atomic mass is 79.9. The molecule has 0 fully saturated rings. The molecule has 0 aliphatic heterocycles.